The molecule has 0 amide bonds. The van der Waals surface area contributed by atoms with Crippen LogP contribution in [0.2, 0.25) is 0 Å². The fourth-order valence-electron chi connectivity index (χ4n) is 1.86. The summed E-state index contributed by atoms with van der Waals surface area (Å²) in [6, 6.07) is 0. The molecule has 0 radical (unpaired) electrons. The van der Waals surface area contributed by atoms with Gasteiger partial charge < -0.3 is 9.47 Å². The Morgan fingerprint density at radius 2 is 2.00 bits per heavy atom. The van der Waals surface area contributed by atoms with Crippen molar-refractivity contribution in [2.24, 2.45) is 0 Å². The van der Waals surface area contributed by atoms with Gasteiger partial charge in [0, 0.05) is 19.6 Å². The van der Waals surface area contributed by atoms with E-state index in [1.807, 2.05) is 0 Å². The average Bonchev–Trinajstić information content (AvgIpc) is 2.38. The summed E-state index contributed by atoms with van der Waals surface area (Å²) in [5.41, 5.74) is 0. The smallest absolute Gasteiger partial charge is 0.157 e. The summed E-state index contributed by atoms with van der Waals surface area (Å²) < 4.78 is 11.2. The third kappa shape index (κ3) is 8.65. The highest BCUT2D eigenvalue weighted by atomic mass is 79.9. The van der Waals surface area contributed by atoms with E-state index in [0.717, 1.165) is 37.8 Å². The SMILES string of the molecule is BrCC#CCCCCCCOC1CCCCO1. The predicted octanol–water partition coefficient (Wildman–Crippen LogP) is 3.88. The van der Waals surface area contributed by atoms with Gasteiger partial charge in [0.25, 0.3) is 0 Å². The number of rotatable bonds is 7. The normalized spacial score (nSPS) is 19.7. The fourth-order valence-corrected chi connectivity index (χ4v) is 2.06. The molecule has 1 saturated heterocycles. The molecule has 0 aromatic rings. The van der Waals surface area contributed by atoms with E-state index in [-0.39, 0.29) is 6.29 Å². The molecule has 1 unspecified atom stereocenters. The predicted molar refractivity (Wildman–Crippen MR) is 74.2 cm³/mol. The maximum atomic E-state index is 5.67. The van der Waals surface area contributed by atoms with Crippen LogP contribution in [-0.2, 0) is 9.47 Å². The van der Waals surface area contributed by atoms with Crippen molar-refractivity contribution in [3.05, 3.63) is 0 Å². The maximum absolute atomic E-state index is 5.67. The second-order valence-electron chi connectivity index (χ2n) is 4.32. The summed E-state index contributed by atoms with van der Waals surface area (Å²) in [7, 11) is 0. The van der Waals surface area contributed by atoms with Crippen molar-refractivity contribution in [3.8, 4) is 11.8 Å². The van der Waals surface area contributed by atoms with Crippen LogP contribution >= 0.6 is 15.9 Å². The van der Waals surface area contributed by atoms with Crippen molar-refractivity contribution in [2.75, 3.05) is 18.5 Å². The molecule has 98 valence electrons. The summed E-state index contributed by atoms with van der Waals surface area (Å²) >= 11 is 3.29. The summed E-state index contributed by atoms with van der Waals surface area (Å²) in [5, 5.41) is 0.794. The summed E-state index contributed by atoms with van der Waals surface area (Å²) in [6.07, 6.45) is 9.46. The highest BCUT2D eigenvalue weighted by Crippen LogP contribution is 2.14. The molecule has 2 nitrogen and oxygen atoms in total. The molecular weight excluding hydrogens is 280 g/mol. The first-order chi connectivity index (χ1) is 8.43. The van der Waals surface area contributed by atoms with Crippen molar-refractivity contribution >= 4 is 15.9 Å². The zero-order chi connectivity index (χ0) is 12.2. The number of halogens is 1. The molecule has 1 atom stereocenters. The lowest BCUT2D eigenvalue weighted by Gasteiger charge is -2.22. The van der Waals surface area contributed by atoms with Crippen molar-refractivity contribution < 1.29 is 9.47 Å². The highest BCUT2D eigenvalue weighted by Gasteiger charge is 2.12. The average molecular weight is 303 g/mol. The van der Waals surface area contributed by atoms with Crippen molar-refractivity contribution in [1.82, 2.24) is 0 Å². The van der Waals surface area contributed by atoms with Gasteiger partial charge >= 0.3 is 0 Å². The van der Waals surface area contributed by atoms with E-state index >= 15 is 0 Å². The van der Waals surface area contributed by atoms with Crippen LogP contribution in [0.3, 0.4) is 0 Å². The molecule has 0 aromatic heterocycles. The molecule has 1 aliphatic heterocycles. The largest absolute Gasteiger partial charge is 0.353 e. The van der Waals surface area contributed by atoms with Gasteiger partial charge in [0.05, 0.1) is 5.33 Å². The molecule has 0 spiro atoms. The van der Waals surface area contributed by atoms with Crippen LogP contribution < -0.4 is 0 Å². The molecule has 0 N–H and O–H groups in total. The quantitative estimate of drug-likeness (QED) is 0.404. The Labute approximate surface area is 114 Å². The first kappa shape index (κ1) is 15.0. The van der Waals surface area contributed by atoms with E-state index in [1.165, 1.54) is 32.1 Å². The van der Waals surface area contributed by atoms with Gasteiger partial charge in [-0.2, -0.15) is 0 Å². The van der Waals surface area contributed by atoms with Gasteiger partial charge in [0.15, 0.2) is 6.29 Å². The molecule has 0 aliphatic carbocycles. The maximum Gasteiger partial charge on any atom is 0.157 e. The van der Waals surface area contributed by atoms with Gasteiger partial charge in [-0.3, -0.25) is 0 Å². The molecule has 1 heterocycles. The number of ether oxygens (including phenoxy) is 2. The molecule has 0 saturated carbocycles. The Kier molecular flexibility index (Phi) is 9.78. The third-order valence-corrected chi connectivity index (χ3v) is 3.11. The second kappa shape index (κ2) is 11.1. The van der Waals surface area contributed by atoms with Crippen LogP contribution in [0.4, 0.5) is 0 Å². The molecule has 1 rings (SSSR count). The lowest BCUT2D eigenvalue weighted by Crippen LogP contribution is -2.22. The third-order valence-electron chi connectivity index (χ3n) is 2.83. The van der Waals surface area contributed by atoms with Crippen LogP contribution in [0.5, 0.6) is 0 Å². The minimum absolute atomic E-state index is 0.0774. The molecule has 1 fully saturated rings. The summed E-state index contributed by atoms with van der Waals surface area (Å²) in [6.45, 7) is 1.72. The highest BCUT2D eigenvalue weighted by molar-refractivity contribution is 9.09. The fraction of sp³-hybridized carbons (Fsp3) is 0.857. The van der Waals surface area contributed by atoms with E-state index in [0.29, 0.717) is 0 Å². The van der Waals surface area contributed by atoms with E-state index in [2.05, 4.69) is 27.8 Å². The molecular formula is C14H23BrO2. The Bertz CT molecular complexity index is 226. The van der Waals surface area contributed by atoms with Crippen LogP contribution in [0.25, 0.3) is 0 Å². The first-order valence-corrected chi connectivity index (χ1v) is 7.80. The zero-order valence-electron chi connectivity index (χ0n) is 10.5. The van der Waals surface area contributed by atoms with Gasteiger partial charge in [0.1, 0.15) is 0 Å². The van der Waals surface area contributed by atoms with E-state index in [1.54, 1.807) is 0 Å². The van der Waals surface area contributed by atoms with Crippen LogP contribution in [0.1, 0.15) is 51.4 Å². The number of alkyl halides is 1. The Balaban J connectivity index is 1.80. The zero-order valence-corrected chi connectivity index (χ0v) is 12.1. The van der Waals surface area contributed by atoms with Gasteiger partial charge in [-0.25, -0.2) is 0 Å². The van der Waals surface area contributed by atoms with Crippen LogP contribution in [-0.4, -0.2) is 24.8 Å². The van der Waals surface area contributed by atoms with Gasteiger partial charge in [0.2, 0.25) is 0 Å². The number of hydrogen-bond donors (Lipinski definition) is 0. The summed E-state index contributed by atoms with van der Waals surface area (Å²) in [5.74, 6) is 6.15. The van der Waals surface area contributed by atoms with Gasteiger partial charge in [-0.1, -0.05) is 34.7 Å². The molecule has 3 heteroatoms. The lowest BCUT2D eigenvalue weighted by molar-refractivity contribution is -0.162. The number of unbranched alkanes of at least 4 members (excludes halogenated alkanes) is 4. The van der Waals surface area contributed by atoms with E-state index in [4.69, 9.17) is 9.47 Å². The van der Waals surface area contributed by atoms with E-state index in [9.17, 15) is 0 Å². The Morgan fingerprint density at radius 1 is 1.12 bits per heavy atom. The minimum atomic E-state index is 0.0774. The van der Waals surface area contributed by atoms with Crippen LogP contribution in [0, 0.1) is 11.8 Å². The number of hydrogen-bond acceptors (Lipinski definition) is 2. The topological polar surface area (TPSA) is 18.5 Å². The van der Waals surface area contributed by atoms with Gasteiger partial charge in [-0.05, 0) is 32.1 Å². The molecule has 0 aromatic carbocycles. The standard InChI is InChI=1S/C14H23BrO2/c15-11-7-4-2-1-3-5-8-12-16-14-10-6-9-13-17-14/h14H,1-3,5-6,8-13H2. The van der Waals surface area contributed by atoms with Crippen molar-refractivity contribution in [2.45, 2.75) is 57.7 Å². The molecule has 17 heavy (non-hydrogen) atoms. The first-order valence-electron chi connectivity index (χ1n) is 6.68. The van der Waals surface area contributed by atoms with Crippen molar-refractivity contribution in [3.63, 3.8) is 0 Å². The second-order valence-corrected chi connectivity index (χ2v) is 4.88. The Morgan fingerprint density at radius 3 is 2.76 bits per heavy atom. The molecule has 0 bridgehead atoms. The lowest BCUT2D eigenvalue weighted by atomic mass is 10.1. The Hall–Kier alpha value is -0.0400. The monoisotopic (exact) mass is 302 g/mol. The minimum Gasteiger partial charge on any atom is -0.353 e. The van der Waals surface area contributed by atoms with Crippen LogP contribution in [0.15, 0.2) is 0 Å². The summed E-state index contributed by atoms with van der Waals surface area (Å²) in [4.78, 5) is 0. The van der Waals surface area contributed by atoms with E-state index < -0.39 is 0 Å². The van der Waals surface area contributed by atoms with Gasteiger partial charge in [-0.15, -0.1) is 5.92 Å². The molecule has 1 aliphatic rings. The van der Waals surface area contributed by atoms with Crippen molar-refractivity contribution in [1.29, 1.82) is 0 Å².